The normalized spacial score (nSPS) is 15.7. The minimum absolute atomic E-state index is 0.0185. The maximum Gasteiger partial charge on any atom is 0.163 e. The van der Waals surface area contributed by atoms with Crippen molar-refractivity contribution >= 4 is 28.2 Å². The maximum atomic E-state index is 12.9. The summed E-state index contributed by atoms with van der Waals surface area (Å²) in [7, 11) is 0. The third-order valence-electron chi connectivity index (χ3n) is 7.00. The molecule has 0 spiro atoms. The Labute approximate surface area is 209 Å². The molecular weight excluding hydrogens is 440 g/mol. The van der Waals surface area contributed by atoms with Crippen molar-refractivity contribution in [3.8, 4) is 11.1 Å². The first-order valence-corrected chi connectivity index (χ1v) is 13.0. The standard InChI is InChI=1S/C31H37ClO2/c1-20-18-25-13-12-23(11-10-22-8-6-7-9-22)19-27(25)29(24-14-16-26(32)17-15-24)28(20)30(21(2)33)34-31(3,4)5/h12-19,22,30H,6-11H2,1-5H3. The monoisotopic (exact) mass is 476 g/mol. The molecule has 3 aromatic carbocycles. The summed E-state index contributed by atoms with van der Waals surface area (Å²) in [5, 5.41) is 3.07. The third-order valence-corrected chi connectivity index (χ3v) is 7.26. The summed E-state index contributed by atoms with van der Waals surface area (Å²) >= 11 is 6.24. The van der Waals surface area contributed by atoms with E-state index in [2.05, 4.69) is 43.3 Å². The lowest BCUT2D eigenvalue weighted by Crippen LogP contribution is -2.27. The van der Waals surface area contributed by atoms with Gasteiger partial charge in [0.1, 0.15) is 6.10 Å². The van der Waals surface area contributed by atoms with Crippen molar-refractivity contribution < 1.29 is 9.53 Å². The molecule has 0 heterocycles. The quantitative estimate of drug-likeness (QED) is 0.340. The molecule has 1 fully saturated rings. The molecule has 180 valence electrons. The average Bonchev–Trinajstić information content (AvgIpc) is 3.29. The van der Waals surface area contributed by atoms with E-state index >= 15 is 0 Å². The average molecular weight is 477 g/mol. The zero-order valence-electron chi connectivity index (χ0n) is 21.2. The number of carbonyl (C=O) groups is 1. The van der Waals surface area contributed by atoms with Gasteiger partial charge in [-0.05, 0) is 104 Å². The molecular formula is C31H37ClO2. The Morgan fingerprint density at radius 1 is 1.06 bits per heavy atom. The second-order valence-corrected chi connectivity index (χ2v) is 11.4. The first-order valence-electron chi connectivity index (χ1n) is 12.6. The zero-order chi connectivity index (χ0) is 24.5. The van der Waals surface area contributed by atoms with E-state index in [0.717, 1.165) is 34.6 Å². The van der Waals surface area contributed by atoms with Gasteiger partial charge in [0, 0.05) is 5.02 Å². The highest BCUT2D eigenvalue weighted by atomic mass is 35.5. The molecule has 1 unspecified atom stereocenters. The topological polar surface area (TPSA) is 26.3 Å². The second-order valence-electron chi connectivity index (χ2n) is 11.0. The van der Waals surface area contributed by atoms with Crippen LogP contribution in [0.15, 0.2) is 48.5 Å². The number of aryl methyl sites for hydroxylation is 2. The van der Waals surface area contributed by atoms with E-state index in [-0.39, 0.29) is 5.78 Å². The van der Waals surface area contributed by atoms with E-state index in [1.54, 1.807) is 6.92 Å². The first-order chi connectivity index (χ1) is 16.1. The van der Waals surface area contributed by atoms with Crippen molar-refractivity contribution in [1.82, 2.24) is 0 Å². The van der Waals surface area contributed by atoms with Gasteiger partial charge in [-0.25, -0.2) is 0 Å². The van der Waals surface area contributed by atoms with Crippen molar-refractivity contribution in [1.29, 1.82) is 0 Å². The Kier molecular flexibility index (Phi) is 7.50. The van der Waals surface area contributed by atoms with E-state index in [9.17, 15) is 4.79 Å². The summed E-state index contributed by atoms with van der Waals surface area (Å²) < 4.78 is 6.37. The minimum atomic E-state index is -0.628. The van der Waals surface area contributed by atoms with E-state index in [4.69, 9.17) is 16.3 Å². The lowest BCUT2D eigenvalue weighted by Gasteiger charge is -2.29. The summed E-state index contributed by atoms with van der Waals surface area (Å²) in [5.74, 6) is 0.882. The van der Waals surface area contributed by atoms with Crippen molar-refractivity contribution in [2.75, 3.05) is 0 Å². The predicted octanol–water partition coefficient (Wildman–Crippen LogP) is 9.04. The van der Waals surface area contributed by atoms with Crippen LogP contribution in [0.3, 0.4) is 0 Å². The molecule has 2 nitrogen and oxygen atoms in total. The van der Waals surface area contributed by atoms with Crippen LogP contribution in [0.5, 0.6) is 0 Å². The predicted molar refractivity (Wildman–Crippen MR) is 144 cm³/mol. The largest absolute Gasteiger partial charge is 0.360 e. The fourth-order valence-electron chi connectivity index (χ4n) is 5.39. The smallest absolute Gasteiger partial charge is 0.163 e. The Bertz CT molecular complexity index is 1160. The van der Waals surface area contributed by atoms with Crippen LogP contribution < -0.4 is 0 Å². The van der Waals surface area contributed by atoms with Gasteiger partial charge in [-0.2, -0.15) is 0 Å². The van der Waals surface area contributed by atoms with E-state index < -0.39 is 11.7 Å². The molecule has 0 bridgehead atoms. The van der Waals surface area contributed by atoms with Crippen LogP contribution in [-0.2, 0) is 16.0 Å². The summed E-state index contributed by atoms with van der Waals surface area (Å²) in [4.78, 5) is 12.9. The number of hydrogen-bond acceptors (Lipinski definition) is 2. The highest BCUT2D eigenvalue weighted by molar-refractivity contribution is 6.30. The van der Waals surface area contributed by atoms with Crippen molar-refractivity contribution in [2.24, 2.45) is 5.92 Å². The van der Waals surface area contributed by atoms with E-state index in [1.807, 2.05) is 32.9 Å². The fourth-order valence-corrected chi connectivity index (χ4v) is 5.51. The van der Waals surface area contributed by atoms with Crippen LogP contribution in [0.4, 0.5) is 0 Å². The maximum absolute atomic E-state index is 12.9. The highest BCUT2D eigenvalue weighted by Crippen LogP contribution is 2.41. The molecule has 0 saturated heterocycles. The number of hydrogen-bond donors (Lipinski definition) is 0. The number of fused-ring (bicyclic) bond motifs is 1. The van der Waals surface area contributed by atoms with Gasteiger partial charge in [-0.1, -0.05) is 73.7 Å². The SMILES string of the molecule is CC(=O)C(OC(C)(C)C)c1c(C)cc2ccc(CCC3CCCC3)cc2c1-c1ccc(Cl)cc1. The number of halogens is 1. The number of ether oxygens (including phenoxy) is 1. The molecule has 0 aliphatic heterocycles. The number of benzene rings is 3. The van der Waals surface area contributed by atoms with Crippen LogP contribution in [0.2, 0.25) is 5.02 Å². The van der Waals surface area contributed by atoms with Gasteiger partial charge in [-0.3, -0.25) is 4.79 Å². The molecule has 0 aromatic heterocycles. The van der Waals surface area contributed by atoms with Gasteiger partial charge in [0.25, 0.3) is 0 Å². The lowest BCUT2D eigenvalue weighted by atomic mass is 9.85. The van der Waals surface area contributed by atoms with Gasteiger partial charge >= 0.3 is 0 Å². The summed E-state index contributed by atoms with van der Waals surface area (Å²) in [5.41, 5.74) is 5.09. The number of rotatable bonds is 7. The Balaban J connectivity index is 1.89. The van der Waals surface area contributed by atoms with Crippen molar-refractivity contribution in [2.45, 2.75) is 84.8 Å². The molecule has 3 aromatic rings. The first kappa shape index (κ1) is 24.9. The fraction of sp³-hybridized carbons (Fsp3) is 0.452. The zero-order valence-corrected chi connectivity index (χ0v) is 22.0. The molecule has 0 N–H and O–H groups in total. The van der Waals surface area contributed by atoms with Crippen LogP contribution in [0.1, 0.15) is 82.6 Å². The van der Waals surface area contributed by atoms with Gasteiger partial charge in [0.05, 0.1) is 5.60 Å². The Morgan fingerprint density at radius 2 is 1.74 bits per heavy atom. The molecule has 0 amide bonds. The Morgan fingerprint density at radius 3 is 2.35 bits per heavy atom. The van der Waals surface area contributed by atoms with E-state index in [0.29, 0.717) is 5.02 Å². The van der Waals surface area contributed by atoms with Gasteiger partial charge < -0.3 is 4.74 Å². The van der Waals surface area contributed by atoms with Crippen LogP contribution in [0.25, 0.3) is 21.9 Å². The van der Waals surface area contributed by atoms with Gasteiger partial charge in [0.2, 0.25) is 0 Å². The number of ketones is 1. The van der Waals surface area contributed by atoms with Crippen LogP contribution in [0, 0.1) is 12.8 Å². The van der Waals surface area contributed by atoms with Gasteiger partial charge in [-0.15, -0.1) is 0 Å². The summed E-state index contributed by atoms with van der Waals surface area (Å²) in [6, 6.07) is 17.0. The van der Waals surface area contributed by atoms with E-state index in [1.165, 1.54) is 48.4 Å². The molecule has 1 saturated carbocycles. The van der Waals surface area contributed by atoms with Crippen molar-refractivity contribution in [3.63, 3.8) is 0 Å². The summed E-state index contributed by atoms with van der Waals surface area (Å²) in [6.45, 7) is 9.72. The minimum Gasteiger partial charge on any atom is -0.360 e. The molecule has 1 aliphatic carbocycles. The molecule has 1 atom stereocenters. The number of Topliss-reactive ketones (excluding diaryl/α,β-unsaturated/α-hetero) is 1. The third kappa shape index (κ3) is 5.73. The summed E-state index contributed by atoms with van der Waals surface area (Å²) in [6.07, 6.45) is 7.23. The molecule has 0 radical (unpaired) electrons. The van der Waals surface area contributed by atoms with Gasteiger partial charge in [0.15, 0.2) is 5.78 Å². The Hall–Kier alpha value is -2.16. The molecule has 4 rings (SSSR count). The number of carbonyl (C=O) groups excluding carboxylic acids is 1. The van der Waals surface area contributed by atoms with Crippen LogP contribution in [-0.4, -0.2) is 11.4 Å². The van der Waals surface area contributed by atoms with Crippen molar-refractivity contribution in [3.05, 3.63) is 70.2 Å². The second kappa shape index (κ2) is 10.2. The molecule has 1 aliphatic rings. The highest BCUT2D eigenvalue weighted by Gasteiger charge is 2.29. The molecule has 3 heteroatoms. The van der Waals surface area contributed by atoms with Crippen LogP contribution >= 0.6 is 11.6 Å². The lowest BCUT2D eigenvalue weighted by molar-refractivity contribution is -0.138. The molecule has 34 heavy (non-hydrogen) atoms.